The zero-order chi connectivity index (χ0) is 22.8. The minimum Gasteiger partial charge on any atom is -0.356 e. The second-order valence-electron chi connectivity index (χ2n) is 7.73. The van der Waals surface area contributed by atoms with Crippen LogP contribution in [0.1, 0.15) is 53.4 Å². The number of aromatic nitrogens is 1. The van der Waals surface area contributed by atoms with Gasteiger partial charge in [-0.05, 0) is 49.1 Å². The molecular weight excluding hydrogens is 417 g/mol. The smallest absolute Gasteiger partial charge is 0.356 e. The number of amides is 1. The average Bonchev–Trinajstić information content (AvgIpc) is 2.87. The average molecular weight is 441 g/mol. The number of hydrogen-bond acceptors (Lipinski definition) is 3. The Kier molecular flexibility index (Phi) is 6.52. The normalized spacial score (nSPS) is 16.7. The molecule has 1 aromatic carbocycles. The summed E-state index contributed by atoms with van der Waals surface area (Å²) in [4.78, 5) is 18.1. The van der Waals surface area contributed by atoms with Crippen molar-refractivity contribution in [2.24, 2.45) is 0 Å². The largest absolute Gasteiger partial charge is 0.433 e. The van der Waals surface area contributed by atoms with Gasteiger partial charge in [0.05, 0.1) is 5.56 Å². The molecule has 1 saturated heterocycles. The van der Waals surface area contributed by atoms with E-state index >= 15 is 0 Å². The van der Waals surface area contributed by atoms with Crippen molar-refractivity contribution in [3.05, 3.63) is 52.7 Å². The first-order chi connectivity index (χ1) is 14.5. The van der Waals surface area contributed by atoms with Crippen LogP contribution < -0.4 is 10.2 Å². The number of carbonyl (C=O) groups excluding carboxylic acids is 1. The maximum Gasteiger partial charge on any atom is 0.433 e. The van der Waals surface area contributed by atoms with Crippen LogP contribution in [0.4, 0.5) is 33.5 Å². The molecule has 168 valence electrons. The Balaban J connectivity index is 2.02. The second-order valence-corrected chi connectivity index (χ2v) is 7.73. The van der Waals surface area contributed by atoms with Crippen LogP contribution in [-0.4, -0.2) is 29.9 Å². The summed E-state index contributed by atoms with van der Waals surface area (Å²) in [7, 11) is 0. The first-order valence-electron chi connectivity index (χ1n) is 10.1. The molecule has 0 bridgehead atoms. The molecule has 3 rings (SSSR count). The zero-order valence-corrected chi connectivity index (χ0v) is 17.3. The number of benzene rings is 1. The Morgan fingerprint density at radius 2 is 1.94 bits per heavy atom. The molecular formula is C22H24F5N3O. The Bertz CT molecular complexity index is 959. The lowest BCUT2D eigenvalue weighted by Gasteiger charge is -2.26. The number of hydrogen-bond donors (Lipinski definition) is 1. The third-order valence-corrected chi connectivity index (χ3v) is 5.33. The molecule has 9 heteroatoms. The third kappa shape index (κ3) is 5.51. The Hall–Kier alpha value is -2.71. The molecule has 0 atom stereocenters. The number of halogens is 5. The van der Waals surface area contributed by atoms with Crippen LogP contribution in [0.15, 0.2) is 30.3 Å². The van der Waals surface area contributed by atoms with Gasteiger partial charge in [0.25, 0.3) is 5.91 Å². The molecule has 0 radical (unpaired) electrons. The van der Waals surface area contributed by atoms with Crippen molar-refractivity contribution in [2.45, 2.75) is 51.6 Å². The van der Waals surface area contributed by atoms with E-state index in [1.54, 1.807) is 18.2 Å². The van der Waals surface area contributed by atoms with E-state index in [1.807, 2.05) is 13.0 Å². The van der Waals surface area contributed by atoms with Gasteiger partial charge >= 0.3 is 6.18 Å². The molecule has 31 heavy (non-hydrogen) atoms. The second kappa shape index (κ2) is 8.80. The fraction of sp³-hybridized carbons (Fsp3) is 0.455. The first-order valence-corrected chi connectivity index (χ1v) is 10.1. The third-order valence-electron chi connectivity index (χ3n) is 5.33. The lowest BCUT2D eigenvalue weighted by Crippen LogP contribution is -2.31. The van der Waals surface area contributed by atoms with Crippen molar-refractivity contribution in [1.82, 2.24) is 4.98 Å². The molecule has 2 aromatic rings. The van der Waals surface area contributed by atoms with Gasteiger partial charge in [-0.3, -0.25) is 4.79 Å². The number of anilines is 2. The van der Waals surface area contributed by atoms with Crippen LogP contribution in [0.3, 0.4) is 0 Å². The van der Waals surface area contributed by atoms with E-state index in [2.05, 4.69) is 10.3 Å². The Labute approximate surface area is 177 Å². The number of carbonyl (C=O) groups is 1. The molecule has 1 aliphatic heterocycles. The van der Waals surface area contributed by atoms with Crippen LogP contribution in [0.2, 0.25) is 0 Å². The van der Waals surface area contributed by atoms with Crippen molar-refractivity contribution >= 4 is 17.4 Å². The summed E-state index contributed by atoms with van der Waals surface area (Å²) in [6.07, 6.45) is -4.75. The van der Waals surface area contributed by atoms with Gasteiger partial charge in [0, 0.05) is 31.6 Å². The highest BCUT2D eigenvalue weighted by Gasteiger charge is 2.37. The lowest BCUT2D eigenvalue weighted by atomic mass is 10.1. The van der Waals surface area contributed by atoms with Gasteiger partial charge in [-0.2, -0.15) is 13.2 Å². The summed E-state index contributed by atoms with van der Waals surface area (Å²) in [5.41, 5.74) is 0.366. The predicted molar refractivity (Wildman–Crippen MR) is 109 cm³/mol. The fourth-order valence-corrected chi connectivity index (χ4v) is 3.65. The van der Waals surface area contributed by atoms with Gasteiger partial charge in [0.1, 0.15) is 11.5 Å². The van der Waals surface area contributed by atoms with Gasteiger partial charge in [-0.15, -0.1) is 0 Å². The van der Waals surface area contributed by atoms with E-state index in [-0.39, 0.29) is 42.9 Å². The van der Waals surface area contributed by atoms with Crippen molar-refractivity contribution in [1.29, 1.82) is 0 Å². The van der Waals surface area contributed by atoms with Crippen molar-refractivity contribution in [3.8, 4) is 0 Å². The van der Waals surface area contributed by atoms with Crippen LogP contribution in [0.5, 0.6) is 0 Å². The number of nitrogens with zero attached hydrogens (tertiary/aromatic N) is 2. The minimum atomic E-state index is -4.72. The molecule has 0 aliphatic carbocycles. The van der Waals surface area contributed by atoms with Crippen molar-refractivity contribution in [3.63, 3.8) is 0 Å². The highest BCUT2D eigenvalue weighted by atomic mass is 19.4. The number of alkyl halides is 5. The monoisotopic (exact) mass is 441 g/mol. The van der Waals surface area contributed by atoms with Gasteiger partial charge in [-0.25, -0.2) is 13.8 Å². The quantitative estimate of drug-likeness (QED) is 0.606. The topological polar surface area (TPSA) is 45.2 Å². The molecule has 0 unspecified atom stereocenters. The number of nitrogens with one attached hydrogen (secondary N) is 1. The predicted octanol–water partition coefficient (Wildman–Crippen LogP) is 5.85. The van der Waals surface area contributed by atoms with Gasteiger partial charge < -0.3 is 10.2 Å². The Morgan fingerprint density at radius 1 is 1.19 bits per heavy atom. The summed E-state index contributed by atoms with van der Waals surface area (Å²) in [6, 6.07) is 7.92. The number of pyridine rings is 1. The van der Waals surface area contributed by atoms with Crippen molar-refractivity contribution < 1.29 is 26.7 Å². The van der Waals surface area contributed by atoms with Crippen LogP contribution in [0.25, 0.3) is 0 Å². The zero-order valence-electron chi connectivity index (χ0n) is 17.3. The molecule has 0 saturated carbocycles. The number of aryl methyl sites for hydroxylation is 2. The van der Waals surface area contributed by atoms with Crippen LogP contribution in [-0.2, 0) is 12.6 Å². The summed E-state index contributed by atoms with van der Waals surface area (Å²) in [6.45, 7) is 3.25. The van der Waals surface area contributed by atoms with E-state index in [9.17, 15) is 26.7 Å². The highest BCUT2D eigenvalue weighted by molar-refractivity contribution is 6.08. The van der Waals surface area contributed by atoms with Gasteiger partial charge in [0.2, 0.25) is 5.92 Å². The summed E-state index contributed by atoms with van der Waals surface area (Å²) >= 11 is 0. The molecule has 1 N–H and O–H groups in total. The molecule has 2 heterocycles. The summed E-state index contributed by atoms with van der Waals surface area (Å²) in [5, 5.41) is 2.71. The highest BCUT2D eigenvalue weighted by Crippen LogP contribution is 2.35. The standard InChI is InChI=1S/C22H24F5N3O/c1-3-15-6-4-7-16(13-15)28-20(31)18-14(2)12-17(22(25,26)27)29-19(18)30-10-5-8-21(23,24)9-11-30/h4,6-7,12-13H,3,5,8-11H2,1-2H3,(H,28,31). The molecule has 4 nitrogen and oxygen atoms in total. The summed E-state index contributed by atoms with van der Waals surface area (Å²) in [5.74, 6) is -3.73. The first kappa shape index (κ1) is 23.0. The lowest BCUT2D eigenvalue weighted by molar-refractivity contribution is -0.141. The fourth-order valence-electron chi connectivity index (χ4n) is 3.65. The van der Waals surface area contributed by atoms with Crippen molar-refractivity contribution in [2.75, 3.05) is 23.3 Å². The molecule has 1 fully saturated rings. The number of rotatable bonds is 4. The van der Waals surface area contributed by atoms with Crippen LogP contribution >= 0.6 is 0 Å². The van der Waals surface area contributed by atoms with Crippen LogP contribution in [0, 0.1) is 6.92 Å². The molecule has 1 aliphatic rings. The molecule has 1 amide bonds. The van der Waals surface area contributed by atoms with Gasteiger partial charge in [0.15, 0.2) is 0 Å². The van der Waals surface area contributed by atoms with E-state index in [0.717, 1.165) is 18.1 Å². The molecule has 0 spiro atoms. The van der Waals surface area contributed by atoms with E-state index in [1.165, 1.54) is 11.8 Å². The van der Waals surface area contributed by atoms with E-state index < -0.39 is 30.1 Å². The SMILES string of the molecule is CCc1cccc(NC(=O)c2c(C)cc(C(F)(F)F)nc2N2CCCC(F)(F)CC2)c1. The van der Waals surface area contributed by atoms with E-state index in [0.29, 0.717) is 5.69 Å². The molecule has 1 aromatic heterocycles. The Morgan fingerprint density at radius 3 is 2.61 bits per heavy atom. The minimum absolute atomic E-state index is 0.0416. The van der Waals surface area contributed by atoms with E-state index in [4.69, 9.17) is 0 Å². The maximum atomic E-state index is 13.8. The van der Waals surface area contributed by atoms with Gasteiger partial charge in [-0.1, -0.05) is 19.1 Å². The summed E-state index contributed by atoms with van der Waals surface area (Å²) < 4.78 is 67.8. The maximum absolute atomic E-state index is 13.8.